The molecule has 0 amide bonds. The molecule has 0 aromatic heterocycles. The van der Waals surface area contributed by atoms with E-state index in [0.717, 1.165) is 35.1 Å². The Morgan fingerprint density at radius 3 is 1.21 bits per heavy atom. The summed E-state index contributed by atoms with van der Waals surface area (Å²) in [5.74, 6) is 0.196. The molecular formula is C41H46O2. The van der Waals surface area contributed by atoms with Gasteiger partial charge < -0.3 is 0 Å². The van der Waals surface area contributed by atoms with Crippen molar-refractivity contribution in [1.29, 1.82) is 0 Å². The van der Waals surface area contributed by atoms with Crippen LogP contribution in [0.2, 0.25) is 0 Å². The van der Waals surface area contributed by atoms with Crippen LogP contribution in [-0.2, 0) is 5.41 Å². The van der Waals surface area contributed by atoms with E-state index in [4.69, 9.17) is 0 Å². The summed E-state index contributed by atoms with van der Waals surface area (Å²) in [5, 5.41) is 0. The first kappa shape index (κ1) is 30.7. The maximum atomic E-state index is 11.9. The molecule has 0 atom stereocenters. The van der Waals surface area contributed by atoms with E-state index in [9.17, 15) is 9.59 Å². The molecule has 5 rings (SSSR count). The second kappa shape index (κ2) is 13.7. The van der Waals surface area contributed by atoms with Gasteiger partial charge in [0.25, 0.3) is 0 Å². The van der Waals surface area contributed by atoms with Gasteiger partial charge in [-0.1, -0.05) is 138 Å². The summed E-state index contributed by atoms with van der Waals surface area (Å²) >= 11 is 0. The SMILES string of the molecule is CCCCCCC1(CCCCCC)c2cc(-c3ccc(C(C)=O)cc3)ccc2-c2ccc(-c3ccc(C(C)=O)cc3)cc21. The lowest BCUT2D eigenvalue weighted by atomic mass is 9.70. The normalized spacial score (nSPS) is 13.0. The van der Waals surface area contributed by atoms with Crippen molar-refractivity contribution in [3.63, 3.8) is 0 Å². The Morgan fingerprint density at radius 2 is 0.860 bits per heavy atom. The van der Waals surface area contributed by atoms with Crippen LogP contribution >= 0.6 is 0 Å². The Labute approximate surface area is 258 Å². The van der Waals surface area contributed by atoms with Gasteiger partial charge in [-0.05, 0) is 83.3 Å². The highest BCUT2D eigenvalue weighted by molar-refractivity contribution is 5.95. The van der Waals surface area contributed by atoms with Crippen LogP contribution in [0.3, 0.4) is 0 Å². The molecule has 0 bridgehead atoms. The van der Waals surface area contributed by atoms with E-state index in [1.165, 1.54) is 84.7 Å². The van der Waals surface area contributed by atoms with Crippen molar-refractivity contribution in [3.05, 3.63) is 107 Å². The third kappa shape index (κ3) is 6.44. The fourth-order valence-corrected chi connectivity index (χ4v) is 7.02. The fourth-order valence-electron chi connectivity index (χ4n) is 7.02. The summed E-state index contributed by atoms with van der Waals surface area (Å²) < 4.78 is 0. The van der Waals surface area contributed by atoms with Gasteiger partial charge >= 0.3 is 0 Å². The van der Waals surface area contributed by atoms with E-state index in [2.05, 4.69) is 74.5 Å². The standard InChI is InChI=1S/C41H46O2/c1-5-7-9-11-25-41(26-12-10-8-6-2)39-27-35(33-17-13-31(14-18-33)29(3)42)21-23-37(39)38-24-22-36(28-40(38)41)34-19-15-32(16-20-34)30(4)43/h13-24,27-28H,5-12,25-26H2,1-4H3. The van der Waals surface area contributed by atoms with E-state index in [1.54, 1.807) is 13.8 Å². The number of fused-ring (bicyclic) bond motifs is 3. The zero-order chi connectivity index (χ0) is 30.4. The highest BCUT2D eigenvalue weighted by Crippen LogP contribution is 2.55. The lowest BCUT2D eigenvalue weighted by Crippen LogP contribution is -2.25. The molecule has 2 nitrogen and oxygen atoms in total. The van der Waals surface area contributed by atoms with Crippen molar-refractivity contribution >= 4 is 11.6 Å². The van der Waals surface area contributed by atoms with Crippen LogP contribution in [0.1, 0.15) is 124 Å². The van der Waals surface area contributed by atoms with Crippen LogP contribution in [0.4, 0.5) is 0 Å². The minimum atomic E-state index is -0.0309. The quantitative estimate of drug-likeness (QED) is 0.112. The molecule has 2 heteroatoms. The molecule has 222 valence electrons. The Bertz CT molecular complexity index is 1450. The zero-order valence-corrected chi connectivity index (χ0v) is 26.5. The maximum absolute atomic E-state index is 11.9. The van der Waals surface area contributed by atoms with E-state index in [1.807, 2.05) is 24.3 Å². The summed E-state index contributed by atoms with van der Waals surface area (Å²) in [6, 6.07) is 30.3. The first-order chi connectivity index (χ1) is 20.9. The fraction of sp³-hybridized carbons (Fsp3) is 0.366. The van der Waals surface area contributed by atoms with Crippen molar-refractivity contribution in [2.75, 3.05) is 0 Å². The highest BCUT2D eigenvalue weighted by atomic mass is 16.1. The van der Waals surface area contributed by atoms with E-state index >= 15 is 0 Å². The third-order valence-electron chi connectivity index (χ3n) is 9.52. The maximum Gasteiger partial charge on any atom is 0.159 e. The molecule has 0 spiro atoms. The molecule has 4 aromatic carbocycles. The largest absolute Gasteiger partial charge is 0.295 e. The molecule has 0 aliphatic heterocycles. The zero-order valence-electron chi connectivity index (χ0n) is 26.5. The molecule has 0 heterocycles. The lowest BCUT2D eigenvalue weighted by Gasteiger charge is -2.33. The Balaban J connectivity index is 1.63. The molecular weight excluding hydrogens is 524 g/mol. The summed E-state index contributed by atoms with van der Waals surface area (Å²) in [6.07, 6.45) is 12.3. The first-order valence-electron chi connectivity index (χ1n) is 16.4. The summed E-state index contributed by atoms with van der Waals surface area (Å²) in [6.45, 7) is 7.82. The number of ketones is 2. The average Bonchev–Trinajstić information content (AvgIpc) is 3.30. The topological polar surface area (TPSA) is 34.1 Å². The number of benzene rings is 4. The Hall–Kier alpha value is -3.78. The molecule has 0 unspecified atom stereocenters. The predicted molar refractivity (Wildman–Crippen MR) is 181 cm³/mol. The van der Waals surface area contributed by atoms with Gasteiger partial charge in [-0.25, -0.2) is 0 Å². The molecule has 0 radical (unpaired) electrons. The van der Waals surface area contributed by atoms with Crippen LogP contribution in [0.15, 0.2) is 84.9 Å². The van der Waals surface area contributed by atoms with Crippen molar-refractivity contribution in [2.24, 2.45) is 0 Å². The van der Waals surface area contributed by atoms with Crippen molar-refractivity contribution < 1.29 is 9.59 Å². The smallest absolute Gasteiger partial charge is 0.159 e. The number of carbonyl (C=O) groups is 2. The van der Waals surface area contributed by atoms with E-state index in [0.29, 0.717) is 0 Å². The van der Waals surface area contributed by atoms with Gasteiger partial charge in [0.05, 0.1) is 0 Å². The number of hydrogen-bond acceptors (Lipinski definition) is 2. The lowest BCUT2D eigenvalue weighted by molar-refractivity contribution is 0.100. The average molecular weight is 571 g/mol. The van der Waals surface area contributed by atoms with Crippen LogP contribution < -0.4 is 0 Å². The summed E-state index contributed by atoms with van der Waals surface area (Å²) in [4.78, 5) is 23.8. The highest BCUT2D eigenvalue weighted by Gasteiger charge is 2.42. The predicted octanol–water partition coefficient (Wildman–Crippen LogP) is 11.6. The summed E-state index contributed by atoms with van der Waals surface area (Å²) in [7, 11) is 0. The number of Topliss-reactive ketones (excluding diaryl/α,β-unsaturated/α-hetero) is 2. The first-order valence-corrected chi connectivity index (χ1v) is 16.4. The van der Waals surface area contributed by atoms with Crippen LogP contribution in [0.5, 0.6) is 0 Å². The van der Waals surface area contributed by atoms with Gasteiger partial charge in [0.1, 0.15) is 0 Å². The minimum absolute atomic E-state index is 0.0309. The van der Waals surface area contributed by atoms with E-state index in [-0.39, 0.29) is 17.0 Å². The molecule has 1 aliphatic rings. The molecule has 0 N–H and O–H groups in total. The number of carbonyl (C=O) groups excluding carboxylic acids is 2. The van der Waals surface area contributed by atoms with Gasteiger partial charge in [0.15, 0.2) is 11.6 Å². The number of rotatable bonds is 14. The molecule has 1 aliphatic carbocycles. The number of hydrogen-bond donors (Lipinski definition) is 0. The second-order valence-corrected chi connectivity index (χ2v) is 12.5. The third-order valence-corrected chi connectivity index (χ3v) is 9.52. The summed E-state index contributed by atoms with van der Waals surface area (Å²) in [5.41, 5.74) is 11.9. The van der Waals surface area contributed by atoms with Crippen LogP contribution in [0.25, 0.3) is 33.4 Å². The second-order valence-electron chi connectivity index (χ2n) is 12.5. The van der Waals surface area contributed by atoms with Crippen molar-refractivity contribution in [3.8, 4) is 33.4 Å². The van der Waals surface area contributed by atoms with Gasteiger partial charge in [-0.3, -0.25) is 9.59 Å². The Kier molecular flexibility index (Phi) is 9.76. The Morgan fingerprint density at radius 1 is 0.488 bits per heavy atom. The molecule has 0 saturated heterocycles. The van der Waals surface area contributed by atoms with Crippen LogP contribution in [-0.4, -0.2) is 11.6 Å². The molecule has 0 saturated carbocycles. The van der Waals surface area contributed by atoms with Gasteiger partial charge in [-0.2, -0.15) is 0 Å². The van der Waals surface area contributed by atoms with Gasteiger partial charge in [0, 0.05) is 16.5 Å². The van der Waals surface area contributed by atoms with Gasteiger partial charge in [0.2, 0.25) is 0 Å². The van der Waals surface area contributed by atoms with Crippen LogP contribution in [0, 0.1) is 0 Å². The molecule has 4 aromatic rings. The monoisotopic (exact) mass is 570 g/mol. The van der Waals surface area contributed by atoms with Gasteiger partial charge in [-0.15, -0.1) is 0 Å². The molecule has 43 heavy (non-hydrogen) atoms. The van der Waals surface area contributed by atoms with Crippen molar-refractivity contribution in [2.45, 2.75) is 97.3 Å². The minimum Gasteiger partial charge on any atom is -0.295 e. The van der Waals surface area contributed by atoms with E-state index < -0.39 is 0 Å². The number of unbranched alkanes of at least 4 members (excludes halogenated alkanes) is 6. The molecule has 0 fully saturated rings. The van der Waals surface area contributed by atoms with Crippen molar-refractivity contribution in [1.82, 2.24) is 0 Å².